The number of phenols is 1. The Morgan fingerprint density at radius 1 is 1.45 bits per heavy atom. The van der Waals surface area contributed by atoms with E-state index in [4.69, 9.17) is 10.00 Å². The van der Waals surface area contributed by atoms with E-state index in [1.54, 1.807) is 6.07 Å². The molecule has 1 saturated heterocycles. The van der Waals surface area contributed by atoms with Gasteiger partial charge in [0.25, 0.3) is 0 Å². The van der Waals surface area contributed by atoms with E-state index >= 15 is 0 Å². The summed E-state index contributed by atoms with van der Waals surface area (Å²) in [4.78, 5) is 2.24. The second-order valence-corrected chi connectivity index (χ2v) is 4.79. The minimum Gasteiger partial charge on any atom is -0.504 e. The maximum atomic E-state index is 10.4. The van der Waals surface area contributed by atoms with Gasteiger partial charge in [0.1, 0.15) is 0 Å². The number of nitrogens with zero attached hydrogens (tertiary/aromatic N) is 2. The standard InChI is InChI=1S/C15H21N3O2/c1-2-20-14-5-3-4-12(15(14)19)13(6-7-16)18-10-8-17-9-11-18/h3-5,13,17,19H,2,6,8-11H2,1H3/t13-/m0/s1. The van der Waals surface area contributed by atoms with Crippen LogP contribution in [0.3, 0.4) is 0 Å². The van der Waals surface area contributed by atoms with E-state index in [1.807, 2.05) is 19.1 Å². The SMILES string of the molecule is CCOc1cccc([C@H](CC#N)N2CCNCC2)c1O. The summed E-state index contributed by atoms with van der Waals surface area (Å²) in [5, 5.41) is 22.8. The van der Waals surface area contributed by atoms with E-state index in [9.17, 15) is 5.11 Å². The molecule has 5 heteroatoms. The highest BCUT2D eigenvalue weighted by molar-refractivity contribution is 5.47. The van der Waals surface area contributed by atoms with Crippen LogP contribution in [0, 0.1) is 11.3 Å². The number of nitrogens with one attached hydrogen (secondary N) is 1. The smallest absolute Gasteiger partial charge is 0.162 e. The van der Waals surface area contributed by atoms with Crippen LogP contribution in [-0.4, -0.2) is 42.8 Å². The minimum absolute atomic E-state index is 0.0810. The molecule has 1 aromatic rings. The molecular weight excluding hydrogens is 254 g/mol. The molecule has 0 unspecified atom stereocenters. The molecule has 1 atom stereocenters. The van der Waals surface area contributed by atoms with E-state index in [0.717, 1.165) is 31.7 Å². The normalized spacial score (nSPS) is 17.4. The van der Waals surface area contributed by atoms with Crippen LogP contribution in [-0.2, 0) is 0 Å². The van der Waals surface area contributed by atoms with E-state index < -0.39 is 0 Å². The van der Waals surface area contributed by atoms with Gasteiger partial charge < -0.3 is 15.2 Å². The number of para-hydroxylation sites is 1. The fourth-order valence-corrected chi connectivity index (χ4v) is 2.60. The van der Waals surface area contributed by atoms with Crippen molar-refractivity contribution in [1.82, 2.24) is 10.2 Å². The number of ether oxygens (including phenoxy) is 1. The van der Waals surface area contributed by atoms with Gasteiger partial charge in [0.05, 0.1) is 25.1 Å². The molecule has 2 rings (SSSR count). The first kappa shape index (κ1) is 14.6. The lowest BCUT2D eigenvalue weighted by Crippen LogP contribution is -2.45. The number of piperazine rings is 1. The second kappa shape index (κ2) is 7.13. The van der Waals surface area contributed by atoms with Gasteiger partial charge in [-0.2, -0.15) is 5.26 Å². The first-order valence-corrected chi connectivity index (χ1v) is 7.04. The third-order valence-corrected chi connectivity index (χ3v) is 3.57. The van der Waals surface area contributed by atoms with Crippen LogP contribution >= 0.6 is 0 Å². The molecule has 108 valence electrons. The first-order valence-electron chi connectivity index (χ1n) is 7.04. The van der Waals surface area contributed by atoms with Crippen molar-refractivity contribution >= 4 is 0 Å². The van der Waals surface area contributed by atoms with Crippen molar-refractivity contribution in [3.8, 4) is 17.6 Å². The van der Waals surface area contributed by atoms with Crippen LogP contribution in [0.1, 0.15) is 24.9 Å². The van der Waals surface area contributed by atoms with E-state index in [-0.39, 0.29) is 11.8 Å². The van der Waals surface area contributed by atoms with Crippen molar-refractivity contribution in [2.75, 3.05) is 32.8 Å². The molecule has 2 N–H and O–H groups in total. The molecule has 0 bridgehead atoms. The van der Waals surface area contributed by atoms with Crippen molar-refractivity contribution in [2.45, 2.75) is 19.4 Å². The summed E-state index contributed by atoms with van der Waals surface area (Å²) in [5.74, 6) is 0.649. The minimum atomic E-state index is -0.0810. The topological polar surface area (TPSA) is 68.5 Å². The molecule has 0 saturated carbocycles. The number of nitriles is 1. The van der Waals surface area contributed by atoms with Crippen molar-refractivity contribution in [3.63, 3.8) is 0 Å². The fraction of sp³-hybridized carbons (Fsp3) is 0.533. The summed E-state index contributed by atoms with van der Waals surface area (Å²) in [5.41, 5.74) is 0.777. The molecule has 1 heterocycles. The zero-order valence-corrected chi connectivity index (χ0v) is 11.8. The van der Waals surface area contributed by atoms with Crippen LogP contribution in [0.15, 0.2) is 18.2 Å². The molecule has 20 heavy (non-hydrogen) atoms. The van der Waals surface area contributed by atoms with Gasteiger partial charge in [-0.05, 0) is 13.0 Å². The number of benzene rings is 1. The van der Waals surface area contributed by atoms with Crippen molar-refractivity contribution in [1.29, 1.82) is 5.26 Å². The quantitative estimate of drug-likeness (QED) is 0.855. The van der Waals surface area contributed by atoms with Crippen LogP contribution in [0.25, 0.3) is 0 Å². The Kier molecular flexibility index (Phi) is 5.22. The molecule has 0 radical (unpaired) electrons. The van der Waals surface area contributed by atoms with Crippen molar-refractivity contribution in [2.24, 2.45) is 0 Å². The Morgan fingerprint density at radius 3 is 2.85 bits per heavy atom. The molecule has 1 fully saturated rings. The fourth-order valence-electron chi connectivity index (χ4n) is 2.60. The Labute approximate surface area is 119 Å². The van der Waals surface area contributed by atoms with Gasteiger partial charge in [-0.3, -0.25) is 4.90 Å². The van der Waals surface area contributed by atoms with E-state index in [1.165, 1.54) is 0 Å². The molecule has 5 nitrogen and oxygen atoms in total. The summed E-state index contributed by atoms with van der Waals surface area (Å²) in [6.07, 6.45) is 0.364. The zero-order valence-electron chi connectivity index (χ0n) is 11.8. The molecule has 0 amide bonds. The summed E-state index contributed by atoms with van der Waals surface area (Å²) in [6.45, 7) is 5.97. The molecule has 0 spiro atoms. The number of aromatic hydroxyl groups is 1. The largest absolute Gasteiger partial charge is 0.504 e. The summed E-state index contributed by atoms with van der Waals surface area (Å²) < 4.78 is 5.43. The number of hydrogen-bond acceptors (Lipinski definition) is 5. The highest BCUT2D eigenvalue weighted by atomic mass is 16.5. The maximum absolute atomic E-state index is 10.4. The van der Waals surface area contributed by atoms with Crippen molar-refractivity contribution in [3.05, 3.63) is 23.8 Å². The van der Waals surface area contributed by atoms with Gasteiger partial charge in [-0.1, -0.05) is 12.1 Å². The third-order valence-electron chi connectivity index (χ3n) is 3.57. The van der Waals surface area contributed by atoms with Crippen molar-refractivity contribution < 1.29 is 9.84 Å². The van der Waals surface area contributed by atoms with Crippen LogP contribution < -0.4 is 10.1 Å². The van der Waals surface area contributed by atoms with E-state index in [0.29, 0.717) is 18.8 Å². The number of phenolic OH excluding ortho intramolecular Hbond substituents is 1. The van der Waals surface area contributed by atoms with Gasteiger partial charge in [0.15, 0.2) is 11.5 Å². The molecule has 1 aliphatic rings. The molecule has 1 aromatic carbocycles. The Balaban J connectivity index is 2.28. The Morgan fingerprint density at radius 2 is 2.20 bits per heavy atom. The van der Waals surface area contributed by atoms with Gasteiger partial charge >= 0.3 is 0 Å². The van der Waals surface area contributed by atoms with E-state index in [2.05, 4.69) is 16.3 Å². The zero-order chi connectivity index (χ0) is 14.4. The first-order chi connectivity index (χ1) is 9.77. The molecule has 0 aromatic heterocycles. The Bertz CT molecular complexity index is 478. The average molecular weight is 275 g/mol. The van der Waals surface area contributed by atoms with Crippen LogP contribution in [0.5, 0.6) is 11.5 Å². The summed E-state index contributed by atoms with van der Waals surface area (Å²) in [6, 6.07) is 7.65. The third kappa shape index (κ3) is 3.21. The Hall–Kier alpha value is -1.77. The van der Waals surface area contributed by atoms with Gasteiger partial charge in [0, 0.05) is 31.7 Å². The number of hydrogen-bond donors (Lipinski definition) is 2. The highest BCUT2D eigenvalue weighted by Gasteiger charge is 2.25. The maximum Gasteiger partial charge on any atom is 0.162 e. The van der Waals surface area contributed by atoms with Gasteiger partial charge in [0.2, 0.25) is 0 Å². The lowest BCUT2D eigenvalue weighted by Gasteiger charge is -2.34. The average Bonchev–Trinajstić information content (AvgIpc) is 2.49. The molecule has 0 aliphatic carbocycles. The monoisotopic (exact) mass is 275 g/mol. The predicted octanol–water partition coefficient (Wildman–Crippen LogP) is 1.65. The van der Waals surface area contributed by atoms with Crippen LogP contribution in [0.4, 0.5) is 0 Å². The summed E-state index contributed by atoms with van der Waals surface area (Å²) in [7, 11) is 0. The van der Waals surface area contributed by atoms with Crippen LogP contribution in [0.2, 0.25) is 0 Å². The molecular formula is C15H21N3O2. The lowest BCUT2D eigenvalue weighted by molar-refractivity contribution is 0.172. The number of rotatable bonds is 5. The summed E-state index contributed by atoms with van der Waals surface area (Å²) >= 11 is 0. The second-order valence-electron chi connectivity index (χ2n) is 4.79. The van der Waals surface area contributed by atoms with Gasteiger partial charge in [-0.25, -0.2) is 0 Å². The lowest BCUT2D eigenvalue weighted by atomic mass is 10.00. The molecule has 1 aliphatic heterocycles. The highest BCUT2D eigenvalue weighted by Crippen LogP contribution is 2.37. The van der Waals surface area contributed by atoms with Gasteiger partial charge in [-0.15, -0.1) is 0 Å². The predicted molar refractivity (Wildman–Crippen MR) is 76.7 cm³/mol.